The third-order valence-electron chi connectivity index (χ3n) is 3.68. The smallest absolute Gasteiger partial charge is 0.410 e. The van der Waals surface area contributed by atoms with Crippen LogP contribution in [-0.2, 0) is 19.0 Å². The molecule has 1 heterocycles. The maximum atomic E-state index is 11.8. The monoisotopic (exact) mass is 315 g/mol. The van der Waals surface area contributed by atoms with E-state index in [-0.39, 0.29) is 11.8 Å². The highest BCUT2D eigenvalue weighted by atomic mass is 35.5. The maximum absolute atomic E-state index is 11.8. The molecule has 2 aliphatic rings. The van der Waals surface area contributed by atoms with E-state index in [1.165, 1.54) is 13.4 Å². The van der Waals surface area contributed by atoms with Crippen LogP contribution >= 0.6 is 11.6 Å². The summed E-state index contributed by atoms with van der Waals surface area (Å²) in [5.74, 6) is -0.376. The predicted octanol–water partition coefficient (Wildman–Crippen LogP) is 1.95. The first-order valence-electron chi connectivity index (χ1n) is 6.69. The molecule has 7 heteroatoms. The van der Waals surface area contributed by atoms with Gasteiger partial charge in [0.15, 0.2) is 0 Å². The number of amides is 1. The van der Waals surface area contributed by atoms with Crippen LogP contribution in [-0.4, -0.2) is 37.9 Å². The van der Waals surface area contributed by atoms with Crippen molar-refractivity contribution in [3.05, 3.63) is 23.5 Å². The van der Waals surface area contributed by atoms with Gasteiger partial charge in [0.25, 0.3) is 6.29 Å². The Morgan fingerprint density at radius 3 is 2.95 bits per heavy atom. The molecule has 0 saturated carbocycles. The van der Waals surface area contributed by atoms with Crippen molar-refractivity contribution in [1.29, 1.82) is 0 Å². The quantitative estimate of drug-likeness (QED) is 0.487. The van der Waals surface area contributed by atoms with Gasteiger partial charge in [-0.25, -0.2) is 9.59 Å². The van der Waals surface area contributed by atoms with E-state index in [1.807, 2.05) is 13.0 Å². The van der Waals surface area contributed by atoms with E-state index in [9.17, 15) is 9.59 Å². The van der Waals surface area contributed by atoms with Gasteiger partial charge < -0.3 is 19.5 Å². The molecule has 0 saturated heterocycles. The molecule has 0 spiro atoms. The number of alkyl halides is 1. The van der Waals surface area contributed by atoms with Crippen molar-refractivity contribution in [3.8, 4) is 0 Å². The van der Waals surface area contributed by atoms with Gasteiger partial charge in [0.1, 0.15) is 0 Å². The van der Waals surface area contributed by atoms with Gasteiger partial charge >= 0.3 is 12.1 Å². The van der Waals surface area contributed by atoms with Crippen LogP contribution in [0, 0.1) is 11.8 Å². The van der Waals surface area contributed by atoms with Crippen molar-refractivity contribution in [1.82, 2.24) is 5.32 Å². The van der Waals surface area contributed by atoms with Crippen molar-refractivity contribution in [3.63, 3.8) is 0 Å². The Labute approximate surface area is 128 Å². The van der Waals surface area contributed by atoms with Gasteiger partial charge in [-0.1, -0.05) is 11.6 Å². The number of methoxy groups -OCH3 is 1. The number of carbonyl (C=O) groups excluding carboxylic acids is 2. The number of nitrogens with one attached hydrogen (secondary N) is 1. The molecule has 0 aromatic carbocycles. The SMILES string of the molecule is COC(=O)C1=COC(OC(=O)NCCCl)C2C(C)=CCC12. The van der Waals surface area contributed by atoms with E-state index in [0.29, 0.717) is 24.4 Å². The van der Waals surface area contributed by atoms with E-state index in [0.717, 1.165) is 5.57 Å². The van der Waals surface area contributed by atoms with Crippen LogP contribution in [0.25, 0.3) is 0 Å². The summed E-state index contributed by atoms with van der Waals surface area (Å²) in [5.41, 5.74) is 1.50. The summed E-state index contributed by atoms with van der Waals surface area (Å²) in [6.45, 7) is 2.25. The Bertz CT molecular complexity index is 488. The Balaban J connectivity index is 2.10. The molecule has 6 nitrogen and oxygen atoms in total. The van der Waals surface area contributed by atoms with Crippen molar-refractivity contribution in [2.45, 2.75) is 19.6 Å². The Morgan fingerprint density at radius 1 is 1.52 bits per heavy atom. The van der Waals surface area contributed by atoms with E-state index >= 15 is 0 Å². The average Bonchev–Trinajstić information content (AvgIpc) is 2.87. The van der Waals surface area contributed by atoms with Gasteiger partial charge in [-0.3, -0.25) is 0 Å². The highest BCUT2D eigenvalue weighted by molar-refractivity contribution is 6.18. The van der Waals surface area contributed by atoms with Crippen LogP contribution in [0.15, 0.2) is 23.5 Å². The second kappa shape index (κ2) is 6.85. The van der Waals surface area contributed by atoms with Crippen LogP contribution in [0.3, 0.4) is 0 Å². The molecule has 1 N–H and O–H groups in total. The number of allylic oxidation sites excluding steroid dienone is 1. The van der Waals surface area contributed by atoms with E-state index in [1.54, 1.807) is 0 Å². The number of esters is 1. The summed E-state index contributed by atoms with van der Waals surface area (Å²) in [6, 6.07) is 0. The summed E-state index contributed by atoms with van der Waals surface area (Å²) in [7, 11) is 1.33. The number of ether oxygens (including phenoxy) is 3. The van der Waals surface area contributed by atoms with Gasteiger partial charge in [0.05, 0.1) is 24.9 Å². The second-order valence-electron chi connectivity index (χ2n) is 4.91. The fourth-order valence-corrected chi connectivity index (χ4v) is 2.76. The normalized spacial score (nSPS) is 26.9. The summed E-state index contributed by atoms with van der Waals surface area (Å²) in [4.78, 5) is 23.4. The van der Waals surface area contributed by atoms with Crippen molar-refractivity contribution in [2.75, 3.05) is 19.5 Å². The number of hydrogen-bond acceptors (Lipinski definition) is 5. The number of rotatable bonds is 4. The molecule has 0 bridgehead atoms. The highest BCUT2D eigenvalue weighted by Gasteiger charge is 2.44. The first-order chi connectivity index (χ1) is 10.1. The Kier molecular flexibility index (Phi) is 5.12. The van der Waals surface area contributed by atoms with Crippen LogP contribution < -0.4 is 5.32 Å². The molecular weight excluding hydrogens is 298 g/mol. The molecule has 2 rings (SSSR count). The molecule has 1 amide bonds. The van der Waals surface area contributed by atoms with Gasteiger partial charge in [-0.05, 0) is 13.3 Å². The molecule has 0 aromatic heterocycles. The minimum absolute atomic E-state index is 0.0861. The van der Waals surface area contributed by atoms with E-state index in [4.69, 9.17) is 25.8 Å². The molecule has 3 atom stereocenters. The number of hydrogen-bond donors (Lipinski definition) is 1. The van der Waals surface area contributed by atoms with Gasteiger partial charge in [-0.15, -0.1) is 11.6 Å². The minimum Gasteiger partial charge on any atom is -0.466 e. The molecule has 1 aliphatic heterocycles. The Hall–Kier alpha value is -1.69. The molecule has 0 fully saturated rings. The first-order valence-corrected chi connectivity index (χ1v) is 7.23. The standard InChI is InChI=1S/C14H18ClNO5/c1-8-3-4-9-10(12(17)19-2)7-20-13(11(8)9)21-14(18)16-6-5-15/h3,7,9,11,13H,4-6H2,1-2H3,(H,16,18). The fraction of sp³-hybridized carbons (Fsp3) is 0.571. The summed E-state index contributed by atoms with van der Waals surface area (Å²) in [5, 5.41) is 2.51. The van der Waals surface area contributed by atoms with E-state index < -0.39 is 18.4 Å². The Morgan fingerprint density at radius 2 is 2.29 bits per heavy atom. The lowest BCUT2D eigenvalue weighted by Crippen LogP contribution is -2.40. The molecule has 21 heavy (non-hydrogen) atoms. The van der Waals surface area contributed by atoms with Crippen molar-refractivity contribution in [2.24, 2.45) is 11.8 Å². The van der Waals surface area contributed by atoms with Crippen LogP contribution in [0.5, 0.6) is 0 Å². The molecule has 3 unspecified atom stereocenters. The zero-order valence-electron chi connectivity index (χ0n) is 11.9. The predicted molar refractivity (Wildman–Crippen MR) is 75.5 cm³/mol. The lowest BCUT2D eigenvalue weighted by molar-refractivity contribution is -0.141. The topological polar surface area (TPSA) is 73.9 Å². The van der Waals surface area contributed by atoms with Crippen LogP contribution in [0.4, 0.5) is 4.79 Å². The zero-order valence-corrected chi connectivity index (χ0v) is 12.7. The lowest BCUT2D eigenvalue weighted by atomic mass is 9.84. The minimum atomic E-state index is -0.752. The van der Waals surface area contributed by atoms with Crippen molar-refractivity contribution < 1.29 is 23.8 Å². The molecular formula is C14H18ClNO5. The number of carbonyl (C=O) groups is 2. The molecule has 116 valence electrons. The highest BCUT2D eigenvalue weighted by Crippen LogP contribution is 2.43. The molecule has 0 radical (unpaired) electrons. The van der Waals surface area contributed by atoms with Gasteiger partial charge in [-0.2, -0.15) is 0 Å². The van der Waals surface area contributed by atoms with E-state index in [2.05, 4.69) is 5.32 Å². The largest absolute Gasteiger partial charge is 0.466 e. The average molecular weight is 316 g/mol. The number of halogens is 1. The maximum Gasteiger partial charge on any atom is 0.410 e. The zero-order chi connectivity index (χ0) is 15.4. The van der Waals surface area contributed by atoms with Crippen LogP contribution in [0.1, 0.15) is 13.3 Å². The number of fused-ring (bicyclic) bond motifs is 1. The van der Waals surface area contributed by atoms with Crippen molar-refractivity contribution >= 4 is 23.7 Å². The summed E-state index contributed by atoms with van der Waals surface area (Å²) >= 11 is 5.50. The fourth-order valence-electron chi connectivity index (χ4n) is 2.66. The summed E-state index contributed by atoms with van der Waals surface area (Å²) < 4.78 is 15.5. The molecule has 1 aliphatic carbocycles. The lowest BCUT2D eigenvalue weighted by Gasteiger charge is -2.33. The van der Waals surface area contributed by atoms with Gasteiger partial charge in [0, 0.05) is 18.3 Å². The number of alkyl carbamates (subject to hydrolysis) is 1. The summed E-state index contributed by atoms with van der Waals surface area (Å²) in [6.07, 6.45) is 2.71. The second-order valence-corrected chi connectivity index (χ2v) is 5.28. The third kappa shape index (κ3) is 3.32. The van der Waals surface area contributed by atoms with Gasteiger partial charge in [0.2, 0.25) is 0 Å². The third-order valence-corrected chi connectivity index (χ3v) is 3.87. The van der Waals surface area contributed by atoms with Crippen LogP contribution in [0.2, 0.25) is 0 Å². The first kappa shape index (κ1) is 15.7. The molecule has 0 aromatic rings.